The summed E-state index contributed by atoms with van der Waals surface area (Å²) in [7, 11) is 0. The van der Waals surface area contributed by atoms with Crippen LogP contribution in [0.25, 0.3) is 0 Å². The first-order valence-electron chi connectivity index (χ1n) is 4.44. The summed E-state index contributed by atoms with van der Waals surface area (Å²) in [4.78, 5) is 20.1. The van der Waals surface area contributed by atoms with Gasteiger partial charge in [-0.15, -0.1) is 0 Å². The minimum atomic E-state index is -0.959. The van der Waals surface area contributed by atoms with Crippen molar-refractivity contribution in [3.8, 4) is 0 Å². The molecule has 0 aromatic carbocycles. The third-order valence-electron chi connectivity index (χ3n) is 1.66. The topological polar surface area (TPSA) is 92.4 Å². The number of carbonyl (C=O) groups is 2. The minimum Gasteiger partial charge on any atom is -0.480 e. The standard InChI is InChI=1S/C4H9NO2S.C4H7NO/c5-3(1-2-8)4(6)7;6-4-2-1-3-5-4/h3,8H,1-2,5H2,(H,6,7);1-3H2,(H,5,6)/t3-;/m0./s1. The molecule has 0 radical (unpaired) electrons. The predicted molar refractivity (Wildman–Crippen MR) is 56.3 cm³/mol. The van der Waals surface area contributed by atoms with Crippen LogP contribution in [0.4, 0.5) is 0 Å². The fourth-order valence-corrected chi connectivity index (χ4v) is 1.11. The van der Waals surface area contributed by atoms with Gasteiger partial charge in [0.2, 0.25) is 5.91 Å². The third kappa shape index (κ3) is 6.73. The number of hydrogen-bond donors (Lipinski definition) is 4. The lowest BCUT2D eigenvalue weighted by molar-refractivity contribution is -0.138. The lowest BCUT2D eigenvalue weighted by Gasteiger charge is -2.00. The second kappa shape index (κ2) is 7.64. The summed E-state index contributed by atoms with van der Waals surface area (Å²) in [6.45, 7) is 0.888. The number of thiol groups is 1. The SMILES string of the molecule is N[C@@H](CCS)C(=O)O.O=C1CCCN1. The van der Waals surface area contributed by atoms with E-state index in [1.807, 2.05) is 0 Å². The highest BCUT2D eigenvalue weighted by Gasteiger charge is 2.08. The first-order valence-corrected chi connectivity index (χ1v) is 5.07. The van der Waals surface area contributed by atoms with Crippen LogP contribution in [0.3, 0.4) is 0 Å². The smallest absolute Gasteiger partial charge is 0.320 e. The average molecular weight is 220 g/mol. The van der Waals surface area contributed by atoms with Crippen molar-refractivity contribution in [1.82, 2.24) is 5.32 Å². The Morgan fingerprint density at radius 1 is 1.71 bits per heavy atom. The molecular weight excluding hydrogens is 204 g/mol. The number of nitrogens with two attached hydrogens (primary N) is 1. The Morgan fingerprint density at radius 2 is 2.36 bits per heavy atom. The van der Waals surface area contributed by atoms with Crippen LogP contribution in [0.1, 0.15) is 19.3 Å². The minimum absolute atomic E-state index is 0.204. The van der Waals surface area contributed by atoms with Gasteiger partial charge in [0, 0.05) is 13.0 Å². The third-order valence-corrected chi connectivity index (χ3v) is 1.92. The number of nitrogens with one attached hydrogen (secondary N) is 1. The molecule has 0 bridgehead atoms. The fraction of sp³-hybridized carbons (Fsp3) is 0.750. The zero-order valence-corrected chi connectivity index (χ0v) is 8.80. The molecule has 1 amide bonds. The molecule has 0 unspecified atom stereocenters. The van der Waals surface area contributed by atoms with E-state index in [2.05, 4.69) is 17.9 Å². The Hall–Kier alpha value is -0.750. The van der Waals surface area contributed by atoms with E-state index in [-0.39, 0.29) is 5.91 Å². The molecule has 1 rings (SSSR count). The number of amides is 1. The molecule has 0 aromatic rings. The van der Waals surface area contributed by atoms with E-state index >= 15 is 0 Å². The molecule has 1 aliphatic rings. The molecule has 82 valence electrons. The van der Waals surface area contributed by atoms with E-state index in [1.165, 1.54) is 0 Å². The summed E-state index contributed by atoms with van der Waals surface area (Å²) >= 11 is 3.81. The monoisotopic (exact) mass is 220 g/mol. The van der Waals surface area contributed by atoms with E-state index in [9.17, 15) is 9.59 Å². The molecule has 1 aliphatic heterocycles. The summed E-state index contributed by atoms with van der Waals surface area (Å²) in [5.74, 6) is -0.234. The number of hydrogen-bond acceptors (Lipinski definition) is 4. The molecule has 1 atom stereocenters. The number of aliphatic carboxylic acids is 1. The average Bonchev–Trinajstić information content (AvgIpc) is 2.57. The quantitative estimate of drug-likeness (QED) is 0.488. The van der Waals surface area contributed by atoms with Crippen LogP contribution in [0, 0.1) is 0 Å². The molecule has 1 fully saturated rings. The highest BCUT2D eigenvalue weighted by Crippen LogP contribution is 1.93. The maximum Gasteiger partial charge on any atom is 0.320 e. The van der Waals surface area contributed by atoms with Gasteiger partial charge in [-0.3, -0.25) is 9.59 Å². The van der Waals surface area contributed by atoms with Crippen LogP contribution in [0.5, 0.6) is 0 Å². The molecule has 4 N–H and O–H groups in total. The second-order valence-electron chi connectivity index (χ2n) is 2.91. The molecule has 1 heterocycles. The van der Waals surface area contributed by atoms with Crippen molar-refractivity contribution >= 4 is 24.5 Å². The maximum atomic E-state index is 10.1. The van der Waals surface area contributed by atoms with Crippen molar-refractivity contribution in [1.29, 1.82) is 0 Å². The molecule has 1 saturated heterocycles. The fourth-order valence-electron chi connectivity index (χ4n) is 0.828. The second-order valence-corrected chi connectivity index (χ2v) is 3.36. The van der Waals surface area contributed by atoms with Crippen molar-refractivity contribution in [2.75, 3.05) is 12.3 Å². The van der Waals surface area contributed by atoms with Gasteiger partial charge in [-0.2, -0.15) is 12.6 Å². The maximum absolute atomic E-state index is 10.1. The Bertz CT molecular complexity index is 191. The largest absolute Gasteiger partial charge is 0.480 e. The van der Waals surface area contributed by atoms with Crippen molar-refractivity contribution in [2.45, 2.75) is 25.3 Å². The lowest BCUT2D eigenvalue weighted by atomic mass is 10.2. The number of carboxylic acids is 1. The first-order chi connectivity index (χ1) is 6.57. The number of carbonyl (C=O) groups excluding carboxylic acids is 1. The number of carboxylic acid groups (broad SMARTS) is 1. The van der Waals surface area contributed by atoms with Crippen LogP contribution in [-0.2, 0) is 9.59 Å². The molecular formula is C8H16N2O3S. The molecule has 0 aliphatic carbocycles. The molecule has 0 aromatic heterocycles. The van der Waals surface area contributed by atoms with Crippen LogP contribution in [-0.4, -0.2) is 35.3 Å². The highest BCUT2D eigenvalue weighted by atomic mass is 32.1. The lowest BCUT2D eigenvalue weighted by Crippen LogP contribution is -2.30. The normalized spacial score (nSPS) is 16.6. The van der Waals surface area contributed by atoms with Crippen LogP contribution >= 0.6 is 12.6 Å². The highest BCUT2D eigenvalue weighted by molar-refractivity contribution is 7.80. The van der Waals surface area contributed by atoms with Gasteiger partial charge >= 0.3 is 5.97 Å². The molecule has 14 heavy (non-hydrogen) atoms. The molecule has 0 saturated carbocycles. The number of rotatable bonds is 3. The van der Waals surface area contributed by atoms with Crippen LogP contribution in [0.2, 0.25) is 0 Å². The molecule has 6 heteroatoms. The van der Waals surface area contributed by atoms with Gasteiger partial charge in [0.25, 0.3) is 0 Å². The van der Waals surface area contributed by atoms with E-state index in [0.717, 1.165) is 19.4 Å². The summed E-state index contributed by atoms with van der Waals surface area (Å²) in [5.41, 5.74) is 5.08. The van der Waals surface area contributed by atoms with E-state index < -0.39 is 12.0 Å². The van der Waals surface area contributed by atoms with Crippen molar-refractivity contribution in [2.24, 2.45) is 5.73 Å². The first kappa shape index (κ1) is 13.2. The molecule has 5 nitrogen and oxygen atoms in total. The van der Waals surface area contributed by atoms with Crippen molar-refractivity contribution in [3.63, 3.8) is 0 Å². The summed E-state index contributed by atoms with van der Waals surface area (Å²) in [6, 6.07) is -0.743. The summed E-state index contributed by atoms with van der Waals surface area (Å²) < 4.78 is 0. The van der Waals surface area contributed by atoms with Crippen molar-refractivity contribution < 1.29 is 14.7 Å². The van der Waals surface area contributed by atoms with E-state index in [1.54, 1.807) is 0 Å². The van der Waals surface area contributed by atoms with Gasteiger partial charge in [-0.05, 0) is 18.6 Å². The van der Waals surface area contributed by atoms with Gasteiger partial charge in [0.05, 0.1) is 0 Å². The Balaban J connectivity index is 0.000000249. The van der Waals surface area contributed by atoms with Crippen LogP contribution in [0.15, 0.2) is 0 Å². The van der Waals surface area contributed by atoms with Gasteiger partial charge in [-0.25, -0.2) is 0 Å². The summed E-state index contributed by atoms with van der Waals surface area (Å²) in [5, 5.41) is 10.8. The van der Waals surface area contributed by atoms with E-state index in [4.69, 9.17) is 10.8 Å². The molecule has 0 spiro atoms. The van der Waals surface area contributed by atoms with E-state index in [0.29, 0.717) is 12.2 Å². The predicted octanol–water partition coefficient (Wildman–Crippen LogP) is -0.385. The zero-order chi connectivity index (χ0) is 11.0. The van der Waals surface area contributed by atoms with Gasteiger partial charge in [0.15, 0.2) is 0 Å². The van der Waals surface area contributed by atoms with Crippen molar-refractivity contribution in [3.05, 3.63) is 0 Å². The Morgan fingerprint density at radius 3 is 2.50 bits per heavy atom. The van der Waals surface area contributed by atoms with Gasteiger partial charge in [0.1, 0.15) is 6.04 Å². The van der Waals surface area contributed by atoms with Crippen LogP contribution < -0.4 is 11.1 Å². The van der Waals surface area contributed by atoms with Gasteiger partial charge < -0.3 is 16.2 Å². The van der Waals surface area contributed by atoms with Gasteiger partial charge in [-0.1, -0.05) is 0 Å². The Kier molecular flexibility index (Phi) is 7.23. The zero-order valence-electron chi connectivity index (χ0n) is 7.90. The Labute approximate surface area is 88.5 Å². The summed E-state index contributed by atoms with van der Waals surface area (Å²) in [6.07, 6.45) is 2.19.